The molecule has 0 amide bonds. The van der Waals surface area contributed by atoms with E-state index in [0.717, 1.165) is 16.9 Å². The van der Waals surface area contributed by atoms with Crippen LogP contribution in [0.4, 0.5) is 0 Å². The molecule has 0 aliphatic carbocycles. The normalized spacial score (nSPS) is 9.83. The first-order chi connectivity index (χ1) is 8.65. The van der Waals surface area contributed by atoms with Gasteiger partial charge in [-0.15, -0.1) is 11.3 Å². The van der Waals surface area contributed by atoms with E-state index in [1.165, 1.54) is 7.11 Å². The van der Waals surface area contributed by atoms with E-state index in [1.807, 2.05) is 6.07 Å². The van der Waals surface area contributed by atoms with E-state index in [-0.39, 0.29) is 10.6 Å². The minimum absolute atomic E-state index is 0.0804. The summed E-state index contributed by atoms with van der Waals surface area (Å²) in [6.07, 6.45) is 0. The maximum Gasteiger partial charge on any atom is 0.351 e. The van der Waals surface area contributed by atoms with Gasteiger partial charge in [0.1, 0.15) is 11.1 Å². The van der Waals surface area contributed by atoms with E-state index >= 15 is 0 Å². The van der Waals surface area contributed by atoms with Gasteiger partial charge in [0.25, 0.3) is 0 Å². The summed E-state index contributed by atoms with van der Waals surface area (Å²) in [6.45, 7) is 0. The van der Waals surface area contributed by atoms with Gasteiger partial charge in [-0.1, -0.05) is 23.7 Å². The molecule has 2 rings (SSSR count). The number of hydrogen-bond acceptors (Lipinski definition) is 5. The third-order valence-corrected chi connectivity index (χ3v) is 3.53. The highest BCUT2D eigenvalue weighted by molar-refractivity contribution is 7.17. The molecule has 0 saturated carbocycles. The molecule has 18 heavy (non-hydrogen) atoms. The van der Waals surface area contributed by atoms with Gasteiger partial charge in [-0.2, -0.15) is 5.26 Å². The van der Waals surface area contributed by atoms with Gasteiger partial charge >= 0.3 is 5.97 Å². The van der Waals surface area contributed by atoms with Crippen LogP contribution in [-0.4, -0.2) is 18.1 Å². The minimum Gasteiger partial charge on any atom is -0.465 e. The zero-order valence-corrected chi connectivity index (χ0v) is 10.9. The van der Waals surface area contributed by atoms with Gasteiger partial charge in [-0.25, -0.2) is 9.78 Å². The van der Waals surface area contributed by atoms with Gasteiger partial charge in [0, 0.05) is 10.6 Å². The van der Waals surface area contributed by atoms with Gasteiger partial charge in [0.05, 0.1) is 7.11 Å². The largest absolute Gasteiger partial charge is 0.465 e. The van der Waals surface area contributed by atoms with Crippen LogP contribution >= 0.6 is 22.9 Å². The maximum atomic E-state index is 11.5. The van der Waals surface area contributed by atoms with E-state index in [0.29, 0.717) is 10.0 Å². The van der Waals surface area contributed by atoms with Crippen LogP contribution in [0.1, 0.15) is 15.4 Å². The third-order valence-electron chi connectivity index (χ3n) is 2.20. The summed E-state index contributed by atoms with van der Waals surface area (Å²) in [6, 6.07) is 8.90. The molecule has 1 aromatic carbocycles. The zero-order chi connectivity index (χ0) is 13.1. The molecule has 0 radical (unpaired) electrons. The van der Waals surface area contributed by atoms with Gasteiger partial charge in [0.2, 0.25) is 0 Å². The molecule has 4 nitrogen and oxygen atoms in total. The Hall–Kier alpha value is -1.90. The molecule has 0 aliphatic rings. The van der Waals surface area contributed by atoms with Gasteiger partial charge in [-0.05, 0) is 12.1 Å². The lowest BCUT2D eigenvalue weighted by Crippen LogP contribution is -2.00. The molecule has 0 bridgehead atoms. The van der Waals surface area contributed by atoms with Crippen LogP contribution in [0, 0.1) is 11.3 Å². The van der Waals surface area contributed by atoms with Crippen LogP contribution < -0.4 is 0 Å². The standard InChI is InChI=1S/C12H7ClN2O2S/c1-17-12(16)10-9(6-14)15-11(18-10)7-2-4-8(13)5-3-7/h2-5H,1H3. The van der Waals surface area contributed by atoms with E-state index in [4.69, 9.17) is 16.9 Å². The fourth-order valence-corrected chi connectivity index (χ4v) is 2.41. The number of esters is 1. The lowest BCUT2D eigenvalue weighted by atomic mass is 10.2. The minimum atomic E-state index is -0.552. The Kier molecular flexibility index (Phi) is 3.60. The van der Waals surface area contributed by atoms with Gasteiger partial charge in [-0.3, -0.25) is 0 Å². The Morgan fingerprint density at radius 1 is 1.44 bits per heavy atom. The first-order valence-corrected chi connectivity index (χ1v) is 6.10. The molecule has 0 fully saturated rings. The maximum absolute atomic E-state index is 11.5. The van der Waals surface area contributed by atoms with Crippen molar-refractivity contribution in [2.75, 3.05) is 7.11 Å². The Morgan fingerprint density at radius 3 is 2.67 bits per heavy atom. The average Bonchev–Trinajstić information content (AvgIpc) is 2.82. The second-order valence-corrected chi connectivity index (χ2v) is 4.74. The lowest BCUT2D eigenvalue weighted by molar-refractivity contribution is 0.0605. The summed E-state index contributed by atoms with van der Waals surface area (Å²) >= 11 is 6.92. The fraction of sp³-hybridized carbons (Fsp3) is 0.0833. The molecule has 0 saturated heterocycles. The van der Waals surface area contributed by atoms with Gasteiger partial charge in [0.15, 0.2) is 10.6 Å². The summed E-state index contributed by atoms with van der Waals surface area (Å²) in [5.74, 6) is -0.552. The molecule has 0 aliphatic heterocycles. The van der Waals surface area contributed by atoms with Crippen LogP contribution in [0.25, 0.3) is 10.6 Å². The highest BCUT2D eigenvalue weighted by Gasteiger charge is 2.19. The Balaban J connectivity index is 2.48. The van der Waals surface area contributed by atoms with Crippen molar-refractivity contribution < 1.29 is 9.53 Å². The van der Waals surface area contributed by atoms with E-state index in [2.05, 4.69) is 9.72 Å². The number of carbonyl (C=O) groups is 1. The van der Waals surface area contributed by atoms with Crippen LogP contribution in [0.3, 0.4) is 0 Å². The number of nitrogens with zero attached hydrogens (tertiary/aromatic N) is 2. The number of thiazole rings is 1. The Morgan fingerprint density at radius 2 is 2.11 bits per heavy atom. The van der Waals surface area contributed by atoms with Crippen molar-refractivity contribution in [1.29, 1.82) is 5.26 Å². The van der Waals surface area contributed by atoms with Crippen LogP contribution in [0.5, 0.6) is 0 Å². The molecule has 6 heteroatoms. The first-order valence-electron chi connectivity index (χ1n) is 4.91. The smallest absolute Gasteiger partial charge is 0.351 e. The van der Waals surface area contributed by atoms with E-state index in [9.17, 15) is 4.79 Å². The average molecular weight is 279 g/mol. The summed E-state index contributed by atoms with van der Waals surface area (Å²) in [5.41, 5.74) is 0.882. The number of aromatic nitrogens is 1. The summed E-state index contributed by atoms with van der Waals surface area (Å²) < 4.78 is 4.61. The number of halogens is 1. The molecule has 0 spiro atoms. The number of hydrogen-bond donors (Lipinski definition) is 0. The molecular formula is C12H7ClN2O2S. The second kappa shape index (κ2) is 5.17. The number of ether oxygens (including phenoxy) is 1. The van der Waals surface area contributed by atoms with Crippen molar-refractivity contribution in [1.82, 2.24) is 4.98 Å². The molecule has 2 aromatic rings. The number of benzene rings is 1. The Labute approximate surface area is 112 Å². The zero-order valence-electron chi connectivity index (χ0n) is 9.31. The highest BCUT2D eigenvalue weighted by Crippen LogP contribution is 2.29. The molecule has 90 valence electrons. The van der Waals surface area contributed by atoms with Crippen molar-refractivity contribution in [2.24, 2.45) is 0 Å². The lowest BCUT2D eigenvalue weighted by Gasteiger charge is -1.95. The Bertz CT molecular complexity index is 629. The molecule has 0 unspecified atom stereocenters. The summed E-state index contributed by atoms with van der Waals surface area (Å²) in [5, 5.41) is 10.1. The quantitative estimate of drug-likeness (QED) is 0.792. The third kappa shape index (κ3) is 2.35. The predicted octanol–water partition coefficient (Wildman–Crippen LogP) is 3.12. The second-order valence-electron chi connectivity index (χ2n) is 3.31. The van der Waals surface area contributed by atoms with Crippen molar-refractivity contribution in [3.63, 3.8) is 0 Å². The highest BCUT2D eigenvalue weighted by atomic mass is 35.5. The van der Waals surface area contributed by atoms with Crippen molar-refractivity contribution in [2.45, 2.75) is 0 Å². The summed E-state index contributed by atoms with van der Waals surface area (Å²) in [7, 11) is 1.27. The molecule has 1 heterocycles. The van der Waals surface area contributed by atoms with Crippen LogP contribution in [-0.2, 0) is 4.74 Å². The number of carbonyl (C=O) groups excluding carboxylic acids is 1. The predicted molar refractivity (Wildman–Crippen MR) is 68.6 cm³/mol. The van der Waals surface area contributed by atoms with Crippen molar-refractivity contribution >= 4 is 28.9 Å². The number of rotatable bonds is 2. The van der Waals surface area contributed by atoms with Crippen molar-refractivity contribution in [3.05, 3.63) is 39.9 Å². The summed E-state index contributed by atoms with van der Waals surface area (Å²) in [4.78, 5) is 15.8. The first kappa shape index (κ1) is 12.6. The van der Waals surface area contributed by atoms with E-state index in [1.54, 1.807) is 24.3 Å². The van der Waals surface area contributed by atoms with Gasteiger partial charge < -0.3 is 4.74 Å². The van der Waals surface area contributed by atoms with E-state index < -0.39 is 5.97 Å². The molecule has 0 atom stereocenters. The SMILES string of the molecule is COC(=O)c1sc(-c2ccc(Cl)cc2)nc1C#N. The van der Waals surface area contributed by atoms with Crippen molar-refractivity contribution in [3.8, 4) is 16.6 Å². The van der Waals surface area contributed by atoms with Crippen LogP contribution in [0.15, 0.2) is 24.3 Å². The number of methoxy groups -OCH3 is 1. The molecular weight excluding hydrogens is 272 g/mol. The topological polar surface area (TPSA) is 63.0 Å². The molecule has 1 aromatic heterocycles. The monoisotopic (exact) mass is 278 g/mol. The fourth-order valence-electron chi connectivity index (χ4n) is 1.34. The van der Waals surface area contributed by atoms with Crippen LogP contribution in [0.2, 0.25) is 5.02 Å². The molecule has 0 N–H and O–H groups in total. The number of nitriles is 1.